The van der Waals surface area contributed by atoms with Crippen LogP contribution >= 0.6 is 0 Å². The molecule has 0 bridgehead atoms. The monoisotopic (exact) mass is 277 g/mol. The van der Waals surface area contributed by atoms with E-state index in [1.165, 1.54) is 20.3 Å². The quantitative estimate of drug-likeness (QED) is 0.904. The lowest BCUT2D eigenvalue weighted by molar-refractivity contribution is 0.0686. The maximum atomic E-state index is 10.9. The molecule has 0 radical (unpaired) electrons. The Labute approximate surface area is 115 Å². The highest BCUT2D eigenvalue weighted by Crippen LogP contribution is 2.41. The SMILES string of the molecule is CCc1ccc(OC)c(OC)c1-c1cc(C(=O)O)no1. The number of ether oxygens (including phenoxy) is 2. The molecule has 1 N–H and O–H groups in total. The fraction of sp³-hybridized carbons (Fsp3) is 0.286. The number of carboxylic acids is 1. The summed E-state index contributed by atoms with van der Waals surface area (Å²) >= 11 is 0. The van der Waals surface area contributed by atoms with Crippen LogP contribution in [0.3, 0.4) is 0 Å². The van der Waals surface area contributed by atoms with Crippen molar-refractivity contribution >= 4 is 5.97 Å². The van der Waals surface area contributed by atoms with Crippen LogP contribution in [0.1, 0.15) is 23.0 Å². The Morgan fingerprint density at radius 1 is 1.35 bits per heavy atom. The Kier molecular flexibility index (Phi) is 3.93. The highest BCUT2D eigenvalue weighted by atomic mass is 16.5. The third-order valence-electron chi connectivity index (χ3n) is 2.99. The molecule has 0 atom stereocenters. The molecular weight excluding hydrogens is 262 g/mol. The number of methoxy groups -OCH3 is 2. The summed E-state index contributed by atoms with van der Waals surface area (Å²) in [5, 5.41) is 12.4. The molecule has 20 heavy (non-hydrogen) atoms. The summed E-state index contributed by atoms with van der Waals surface area (Å²) < 4.78 is 15.8. The van der Waals surface area contributed by atoms with Crippen LogP contribution in [-0.4, -0.2) is 30.5 Å². The predicted octanol–water partition coefficient (Wildman–Crippen LogP) is 2.62. The van der Waals surface area contributed by atoms with Gasteiger partial charge < -0.3 is 19.1 Å². The van der Waals surface area contributed by atoms with Crippen molar-refractivity contribution in [2.24, 2.45) is 0 Å². The van der Waals surface area contributed by atoms with Crippen LogP contribution in [0.25, 0.3) is 11.3 Å². The summed E-state index contributed by atoms with van der Waals surface area (Å²) in [4.78, 5) is 10.9. The molecule has 6 nitrogen and oxygen atoms in total. The Morgan fingerprint density at radius 3 is 2.60 bits per heavy atom. The average molecular weight is 277 g/mol. The minimum atomic E-state index is -1.14. The van der Waals surface area contributed by atoms with E-state index in [0.29, 0.717) is 22.8 Å². The molecular formula is C14H15NO5. The van der Waals surface area contributed by atoms with Crippen molar-refractivity contribution in [1.82, 2.24) is 5.16 Å². The standard InChI is InChI=1S/C14H15NO5/c1-4-8-5-6-10(18-2)13(19-3)12(8)11-7-9(14(16)17)15-20-11/h5-7H,4H2,1-3H3,(H,16,17). The number of carboxylic acid groups (broad SMARTS) is 1. The number of aromatic nitrogens is 1. The zero-order valence-electron chi connectivity index (χ0n) is 11.5. The molecule has 1 heterocycles. The van der Waals surface area contributed by atoms with Crippen LogP contribution < -0.4 is 9.47 Å². The molecule has 0 fully saturated rings. The number of hydrogen-bond acceptors (Lipinski definition) is 5. The highest BCUT2D eigenvalue weighted by Gasteiger charge is 2.21. The second kappa shape index (κ2) is 5.64. The molecule has 106 valence electrons. The molecule has 0 unspecified atom stereocenters. The summed E-state index contributed by atoms with van der Waals surface area (Å²) in [7, 11) is 3.06. The number of benzene rings is 1. The first kappa shape index (κ1) is 13.9. The van der Waals surface area contributed by atoms with Gasteiger partial charge in [-0.3, -0.25) is 0 Å². The minimum Gasteiger partial charge on any atom is -0.493 e. The van der Waals surface area contributed by atoms with Gasteiger partial charge in [0, 0.05) is 6.07 Å². The van der Waals surface area contributed by atoms with Gasteiger partial charge in [0.25, 0.3) is 0 Å². The fourth-order valence-electron chi connectivity index (χ4n) is 2.03. The van der Waals surface area contributed by atoms with Crippen molar-refractivity contribution < 1.29 is 23.9 Å². The van der Waals surface area contributed by atoms with Crippen molar-refractivity contribution in [3.8, 4) is 22.8 Å². The van der Waals surface area contributed by atoms with Crippen LogP contribution in [0.4, 0.5) is 0 Å². The molecule has 0 aliphatic carbocycles. The maximum absolute atomic E-state index is 10.9. The zero-order valence-corrected chi connectivity index (χ0v) is 11.5. The zero-order chi connectivity index (χ0) is 14.7. The Bertz CT molecular complexity index is 632. The molecule has 0 aliphatic rings. The van der Waals surface area contributed by atoms with E-state index in [4.69, 9.17) is 19.1 Å². The van der Waals surface area contributed by atoms with Crippen molar-refractivity contribution in [3.63, 3.8) is 0 Å². The van der Waals surface area contributed by atoms with Crippen LogP contribution in [0.5, 0.6) is 11.5 Å². The summed E-state index contributed by atoms with van der Waals surface area (Å²) in [6.07, 6.45) is 0.735. The first-order valence-corrected chi connectivity index (χ1v) is 6.06. The van der Waals surface area contributed by atoms with Gasteiger partial charge in [0.1, 0.15) is 0 Å². The van der Waals surface area contributed by atoms with Gasteiger partial charge in [0.15, 0.2) is 23.0 Å². The first-order valence-electron chi connectivity index (χ1n) is 6.06. The van der Waals surface area contributed by atoms with E-state index in [1.807, 2.05) is 13.0 Å². The molecule has 0 amide bonds. The molecule has 0 saturated carbocycles. The van der Waals surface area contributed by atoms with Crippen LogP contribution in [-0.2, 0) is 6.42 Å². The van der Waals surface area contributed by atoms with Crippen molar-refractivity contribution in [2.45, 2.75) is 13.3 Å². The van der Waals surface area contributed by atoms with E-state index in [0.717, 1.165) is 12.0 Å². The summed E-state index contributed by atoms with van der Waals surface area (Å²) in [5.74, 6) is 0.253. The molecule has 0 aliphatic heterocycles. The van der Waals surface area contributed by atoms with Crippen LogP contribution in [0.2, 0.25) is 0 Å². The van der Waals surface area contributed by atoms with Gasteiger partial charge in [-0.2, -0.15) is 0 Å². The maximum Gasteiger partial charge on any atom is 0.358 e. The molecule has 1 aromatic heterocycles. The smallest absolute Gasteiger partial charge is 0.358 e. The number of nitrogens with zero attached hydrogens (tertiary/aromatic N) is 1. The second-order valence-electron chi connectivity index (χ2n) is 4.07. The third-order valence-corrected chi connectivity index (χ3v) is 2.99. The van der Waals surface area contributed by atoms with E-state index in [2.05, 4.69) is 5.16 Å². The minimum absolute atomic E-state index is 0.146. The molecule has 0 saturated heterocycles. The topological polar surface area (TPSA) is 81.8 Å². The number of aromatic carboxylic acids is 1. The summed E-state index contributed by atoms with van der Waals surface area (Å²) in [6.45, 7) is 1.99. The molecule has 2 rings (SSSR count). The predicted molar refractivity (Wildman–Crippen MR) is 71.4 cm³/mol. The number of carbonyl (C=O) groups is 1. The lowest BCUT2D eigenvalue weighted by atomic mass is 10.0. The Morgan fingerprint density at radius 2 is 2.10 bits per heavy atom. The normalized spacial score (nSPS) is 10.3. The van der Waals surface area contributed by atoms with E-state index in [-0.39, 0.29) is 5.69 Å². The first-order chi connectivity index (χ1) is 9.62. The number of rotatable bonds is 5. The van der Waals surface area contributed by atoms with Gasteiger partial charge in [0.2, 0.25) is 0 Å². The summed E-state index contributed by atoms with van der Waals surface area (Å²) in [5.41, 5.74) is 1.47. The van der Waals surface area contributed by atoms with Crippen LogP contribution in [0.15, 0.2) is 22.7 Å². The lowest BCUT2D eigenvalue weighted by Crippen LogP contribution is -1.97. The van der Waals surface area contributed by atoms with Gasteiger partial charge in [-0.1, -0.05) is 18.1 Å². The Hall–Kier alpha value is -2.50. The van der Waals surface area contributed by atoms with Crippen LogP contribution in [0, 0.1) is 0 Å². The van der Waals surface area contributed by atoms with Gasteiger partial charge in [0.05, 0.1) is 19.8 Å². The van der Waals surface area contributed by atoms with Crippen molar-refractivity contribution in [1.29, 1.82) is 0 Å². The van der Waals surface area contributed by atoms with E-state index < -0.39 is 5.97 Å². The molecule has 0 spiro atoms. The van der Waals surface area contributed by atoms with Gasteiger partial charge in [-0.05, 0) is 18.1 Å². The third kappa shape index (κ3) is 2.32. The summed E-state index contributed by atoms with van der Waals surface area (Å²) in [6, 6.07) is 5.06. The van der Waals surface area contributed by atoms with Gasteiger partial charge in [-0.15, -0.1) is 0 Å². The van der Waals surface area contributed by atoms with Gasteiger partial charge in [-0.25, -0.2) is 4.79 Å². The van der Waals surface area contributed by atoms with E-state index in [9.17, 15) is 4.79 Å². The Balaban J connectivity index is 2.65. The number of aryl methyl sites for hydroxylation is 1. The molecule has 6 heteroatoms. The van der Waals surface area contributed by atoms with Crippen molar-refractivity contribution in [3.05, 3.63) is 29.5 Å². The largest absolute Gasteiger partial charge is 0.493 e. The highest BCUT2D eigenvalue weighted by molar-refractivity contribution is 5.87. The van der Waals surface area contributed by atoms with E-state index >= 15 is 0 Å². The number of hydrogen-bond donors (Lipinski definition) is 1. The lowest BCUT2D eigenvalue weighted by Gasteiger charge is -2.14. The van der Waals surface area contributed by atoms with Gasteiger partial charge >= 0.3 is 5.97 Å². The fourth-order valence-corrected chi connectivity index (χ4v) is 2.03. The van der Waals surface area contributed by atoms with E-state index in [1.54, 1.807) is 6.07 Å². The van der Waals surface area contributed by atoms with Crippen molar-refractivity contribution in [2.75, 3.05) is 14.2 Å². The average Bonchev–Trinajstić information content (AvgIpc) is 2.95. The molecule has 2 aromatic rings. The second-order valence-corrected chi connectivity index (χ2v) is 4.07. The molecule has 1 aromatic carbocycles.